The van der Waals surface area contributed by atoms with Crippen LogP contribution in [0, 0.1) is 0 Å². The number of fused-ring (bicyclic) bond motifs is 2. The Hall–Kier alpha value is -2.89. The van der Waals surface area contributed by atoms with Gasteiger partial charge in [0, 0.05) is 37.1 Å². The zero-order valence-electron chi connectivity index (χ0n) is 18.0. The monoisotopic (exact) mass is 447 g/mol. The Kier molecular flexibility index (Phi) is 5.62. The molecule has 164 valence electrons. The molecule has 0 aromatic heterocycles. The molecule has 3 aromatic carbocycles. The molecule has 32 heavy (non-hydrogen) atoms. The van der Waals surface area contributed by atoms with Crippen LogP contribution >= 0.6 is 11.6 Å². The van der Waals surface area contributed by atoms with Gasteiger partial charge in [-0.3, -0.25) is 9.79 Å². The molecule has 1 unspecified atom stereocenters. The van der Waals surface area contributed by atoms with Gasteiger partial charge in [-0.05, 0) is 47.4 Å². The fraction of sp³-hybridized carbons (Fsp3) is 0.308. The average Bonchev–Trinajstić information content (AvgIpc) is 2.90. The number of rotatable bonds is 2. The van der Waals surface area contributed by atoms with Gasteiger partial charge in [-0.15, -0.1) is 0 Å². The summed E-state index contributed by atoms with van der Waals surface area (Å²) in [5.41, 5.74) is 2.76. The van der Waals surface area contributed by atoms with Crippen molar-refractivity contribution in [3.8, 4) is 0 Å². The molecular formula is C26H26ClN3O2. The molecule has 1 saturated heterocycles. The highest BCUT2D eigenvalue weighted by Gasteiger charge is 2.32. The Morgan fingerprint density at radius 3 is 2.56 bits per heavy atom. The zero-order chi connectivity index (χ0) is 22.2. The van der Waals surface area contributed by atoms with Crippen LogP contribution in [0.2, 0.25) is 5.02 Å². The van der Waals surface area contributed by atoms with E-state index in [1.54, 1.807) is 11.9 Å². The van der Waals surface area contributed by atoms with Crippen molar-refractivity contribution in [3.63, 3.8) is 0 Å². The van der Waals surface area contributed by atoms with Crippen molar-refractivity contribution in [1.29, 1.82) is 0 Å². The molecule has 1 fully saturated rings. The fourth-order valence-electron chi connectivity index (χ4n) is 4.65. The SMILES string of the molecule is CN1C(=O)C(Cc2ccc3ccccc3c2)N=C(N2CCC(O)CC2)c2cc(Cl)ccc21. The third-order valence-corrected chi connectivity index (χ3v) is 6.70. The average molecular weight is 448 g/mol. The first-order valence-electron chi connectivity index (χ1n) is 11.1. The predicted octanol–water partition coefficient (Wildman–Crippen LogP) is 4.28. The van der Waals surface area contributed by atoms with E-state index in [-0.39, 0.29) is 12.0 Å². The Morgan fingerprint density at radius 2 is 1.78 bits per heavy atom. The lowest BCUT2D eigenvalue weighted by Crippen LogP contribution is -2.41. The van der Waals surface area contributed by atoms with Crippen LogP contribution in [-0.2, 0) is 11.2 Å². The first kappa shape index (κ1) is 21.0. The van der Waals surface area contributed by atoms with E-state index in [1.165, 1.54) is 5.39 Å². The number of likely N-dealkylation sites (tertiary alicyclic amines) is 1. The Morgan fingerprint density at radius 1 is 1.03 bits per heavy atom. The number of piperidine rings is 1. The van der Waals surface area contributed by atoms with Crippen LogP contribution < -0.4 is 4.90 Å². The molecule has 2 aliphatic heterocycles. The number of likely N-dealkylation sites (N-methyl/N-ethyl adjacent to an activating group) is 1. The summed E-state index contributed by atoms with van der Waals surface area (Å²) in [6, 6.07) is 19.6. The minimum atomic E-state index is -0.533. The number of amides is 1. The second-order valence-corrected chi connectivity index (χ2v) is 9.07. The van der Waals surface area contributed by atoms with E-state index in [4.69, 9.17) is 16.6 Å². The van der Waals surface area contributed by atoms with Gasteiger partial charge in [-0.1, -0.05) is 54.1 Å². The molecule has 1 amide bonds. The Bertz CT molecular complexity index is 1200. The van der Waals surface area contributed by atoms with Gasteiger partial charge in [0.1, 0.15) is 11.9 Å². The molecule has 5 rings (SSSR count). The lowest BCUT2D eigenvalue weighted by atomic mass is 10.0. The van der Waals surface area contributed by atoms with Crippen molar-refractivity contribution in [2.24, 2.45) is 4.99 Å². The predicted molar refractivity (Wildman–Crippen MR) is 130 cm³/mol. The van der Waals surface area contributed by atoms with E-state index in [0.717, 1.165) is 28.0 Å². The van der Waals surface area contributed by atoms with Crippen LogP contribution in [0.4, 0.5) is 5.69 Å². The molecule has 1 N–H and O–H groups in total. The smallest absolute Gasteiger partial charge is 0.251 e. The number of halogens is 1. The number of aliphatic imine (C=N–C) groups is 1. The van der Waals surface area contributed by atoms with E-state index in [0.29, 0.717) is 37.4 Å². The summed E-state index contributed by atoms with van der Waals surface area (Å²) in [5, 5.41) is 12.9. The lowest BCUT2D eigenvalue weighted by Gasteiger charge is -2.33. The van der Waals surface area contributed by atoms with E-state index in [9.17, 15) is 9.90 Å². The highest BCUT2D eigenvalue weighted by molar-refractivity contribution is 6.31. The number of benzene rings is 3. The summed E-state index contributed by atoms with van der Waals surface area (Å²) >= 11 is 6.35. The van der Waals surface area contributed by atoms with E-state index in [1.807, 2.05) is 30.3 Å². The number of aliphatic hydroxyl groups is 1. The minimum absolute atomic E-state index is 0.0335. The minimum Gasteiger partial charge on any atom is -0.393 e. The van der Waals surface area contributed by atoms with Crippen molar-refractivity contribution in [2.45, 2.75) is 31.4 Å². The molecule has 2 heterocycles. The highest BCUT2D eigenvalue weighted by atomic mass is 35.5. The summed E-state index contributed by atoms with van der Waals surface area (Å²) in [6.07, 6.45) is 1.62. The van der Waals surface area contributed by atoms with Crippen LogP contribution in [0.25, 0.3) is 10.8 Å². The molecule has 5 nitrogen and oxygen atoms in total. The van der Waals surface area contributed by atoms with Gasteiger partial charge in [-0.25, -0.2) is 0 Å². The second-order valence-electron chi connectivity index (χ2n) is 8.63. The molecule has 3 aromatic rings. The topological polar surface area (TPSA) is 56.1 Å². The first-order valence-corrected chi connectivity index (χ1v) is 11.4. The van der Waals surface area contributed by atoms with Crippen LogP contribution in [0.1, 0.15) is 24.0 Å². The number of aliphatic hydroxyl groups excluding tert-OH is 1. The van der Waals surface area contributed by atoms with Crippen LogP contribution in [0.15, 0.2) is 65.7 Å². The summed E-state index contributed by atoms with van der Waals surface area (Å²) in [5.74, 6) is 0.756. The molecule has 0 bridgehead atoms. The summed E-state index contributed by atoms with van der Waals surface area (Å²) in [6.45, 7) is 1.40. The van der Waals surface area contributed by atoms with Gasteiger partial charge in [0.15, 0.2) is 0 Å². The number of hydrogen-bond acceptors (Lipinski definition) is 4. The number of carbonyl (C=O) groups excluding carboxylic acids is 1. The normalized spacial score (nSPS) is 19.7. The largest absolute Gasteiger partial charge is 0.393 e. The lowest BCUT2D eigenvalue weighted by molar-refractivity contribution is -0.119. The van der Waals surface area contributed by atoms with Gasteiger partial charge in [0.2, 0.25) is 0 Å². The van der Waals surface area contributed by atoms with Gasteiger partial charge in [0.25, 0.3) is 5.91 Å². The summed E-state index contributed by atoms with van der Waals surface area (Å²) in [4.78, 5) is 22.4. The standard InChI is InChI=1S/C26H26ClN3O2/c1-29-24-9-8-20(27)16-22(24)25(30-12-10-21(31)11-13-30)28-23(26(29)32)15-17-6-7-18-4-2-3-5-19(18)14-17/h2-9,14,16,21,23,31H,10-13,15H2,1H3. The van der Waals surface area contributed by atoms with Crippen molar-refractivity contribution in [2.75, 3.05) is 25.0 Å². The Balaban J connectivity index is 1.56. The maximum atomic E-state index is 13.5. The number of benzodiazepines with no additional fused rings is 1. The highest BCUT2D eigenvalue weighted by Crippen LogP contribution is 2.31. The van der Waals surface area contributed by atoms with Crippen LogP contribution in [0.3, 0.4) is 0 Å². The molecule has 2 aliphatic rings. The number of nitrogens with zero attached hydrogens (tertiary/aromatic N) is 3. The molecule has 0 saturated carbocycles. The summed E-state index contributed by atoms with van der Waals surface area (Å²) < 4.78 is 0. The second kappa shape index (κ2) is 8.57. The van der Waals surface area contributed by atoms with Gasteiger partial charge in [0.05, 0.1) is 11.8 Å². The van der Waals surface area contributed by atoms with E-state index >= 15 is 0 Å². The molecule has 0 spiro atoms. The molecule has 1 atom stereocenters. The van der Waals surface area contributed by atoms with E-state index < -0.39 is 6.04 Å². The van der Waals surface area contributed by atoms with Crippen molar-refractivity contribution >= 4 is 39.8 Å². The summed E-state index contributed by atoms with van der Waals surface area (Å²) in [7, 11) is 1.81. The Labute approximate surface area is 192 Å². The third kappa shape index (κ3) is 3.98. The van der Waals surface area contributed by atoms with Crippen molar-refractivity contribution in [1.82, 2.24) is 4.90 Å². The van der Waals surface area contributed by atoms with Gasteiger partial charge < -0.3 is 14.9 Å². The van der Waals surface area contributed by atoms with Gasteiger partial charge in [-0.2, -0.15) is 0 Å². The maximum absolute atomic E-state index is 13.5. The van der Waals surface area contributed by atoms with Crippen LogP contribution in [-0.4, -0.2) is 54.0 Å². The first-order chi connectivity index (χ1) is 15.5. The maximum Gasteiger partial charge on any atom is 0.251 e. The van der Waals surface area contributed by atoms with E-state index in [2.05, 4.69) is 35.2 Å². The molecule has 0 radical (unpaired) electrons. The van der Waals surface area contributed by atoms with Crippen LogP contribution in [0.5, 0.6) is 0 Å². The number of hydrogen-bond donors (Lipinski definition) is 1. The number of carbonyl (C=O) groups is 1. The quantitative estimate of drug-likeness (QED) is 0.637. The number of anilines is 1. The van der Waals surface area contributed by atoms with Crippen molar-refractivity contribution in [3.05, 3.63) is 76.8 Å². The molecule has 6 heteroatoms. The number of amidine groups is 1. The zero-order valence-corrected chi connectivity index (χ0v) is 18.8. The van der Waals surface area contributed by atoms with Crippen molar-refractivity contribution < 1.29 is 9.90 Å². The molecule has 0 aliphatic carbocycles. The third-order valence-electron chi connectivity index (χ3n) is 6.46. The van der Waals surface area contributed by atoms with Gasteiger partial charge >= 0.3 is 0 Å². The molecular weight excluding hydrogens is 422 g/mol. The fourth-order valence-corrected chi connectivity index (χ4v) is 4.82.